The summed E-state index contributed by atoms with van der Waals surface area (Å²) in [6, 6.07) is 5.75. The molecule has 1 aromatic heterocycles. The molecule has 106 valence electrons. The molecule has 0 unspecified atom stereocenters. The van der Waals surface area contributed by atoms with E-state index in [-0.39, 0.29) is 16.9 Å². The molecule has 0 aliphatic carbocycles. The minimum atomic E-state index is -0.338. The average Bonchev–Trinajstić information content (AvgIpc) is 2.72. The van der Waals surface area contributed by atoms with E-state index in [9.17, 15) is 9.18 Å². The molecule has 20 heavy (non-hydrogen) atoms. The molecular weight excluding hydrogens is 281 g/mol. The van der Waals surface area contributed by atoms with Gasteiger partial charge in [0.05, 0.1) is 16.9 Å². The lowest BCUT2D eigenvalue weighted by molar-refractivity contribution is 0.0953. The zero-order valence-electron chi connectivity index (χ0n) is 11.3. The predicted molar refractivity (Wildman–Crippen MR) is 75.9 cm³/mol. The normalized spacial score (nSPS) is 10.6. The van der Waals surface area contributed by atoms with Crippen molar-refractivity contribution < 1.29 is 9.18 Å². The summed E-state index contributed by atoms with van der Waals surface area (Å²) in [6.45, 7) is 4.26. The maximum Gasteiger partial charge on any atom is 0.256 e. The van der Waals surface area contributed by atoms with Gasteiger partial charge in [-0.05, 0) is 37.6 Å². The van der Waals surface area contributed by atoms with Gasteiger partial charge in [0, 0.05) is 6.54 Å². The minimum absolute atomic E-state index is 0.225. The fourth-order valence-corrected chi connectivity index (χ4v) is 2.20. The Morgan fingerprint density at radius 2 is 2.05 bits per heavy atom. The summed E-state index contributed by atoms with van der Waals surface area (Å²) in [6.07, 6.45) is 0.842. The first-order valence-electron chi connectivity index (χ1n) is 6.33. The third kappa shape index (κ3) is 2.82. The Kier molecular flexibility index (Phi) is 4.39. The van der Waals surface area contributed by atoms with Crippen LogP contribution in [0.3, 0.4) is 0 Å². The number of carbonyl (C=O) groups excluding carboxylic acids is 1. The molecule has 0 radical (unpaired) electrons. The van der Waals surface area contributed by atoms with Crippen LogP contribution in [0.4, 0.5) is 4.39 Å². The van der Waals surface area contributed by atoms with Gasteiger partial charge in [-0.15, -0.1) is 0 Å². The second-order valence-corrected chi connectivity index (χ2v) is 4.75. The van der Waals surface area contributed by atoms with Crippen LogP contribution in [0.5, 0.6) is 0 Å². The van der Waals surface area contributed by atoms with Crippen LogP contribution in [0.2, 0.25) is 5.15 Å². The first kappa shape index (κ1) is 14.5. The summed E-state index contributed by atoms with van der Waals surface area (Å²) in [5, 5.41) is 7.23. The zero-order valence-corrected chi connectivity index (χ0v) is 12.0. The van der Waals surface area contributed by atoms with E-state index in [0.29, 0.717) is 23.5 Å². The molecule has 0 aliphatic rings. The molecule has 0 saturated heterocycles. The predicted octanol–water partition coefficient (Wildman–Crippen LogP) is 3.11. The van der Waals surface area contributed by atoms with E-state index in [1.807, 2.05) is 6.92 Å². The van der Waals surface area contributed by atoms with Crippen LogP contribution in [0.1, 0.15) is 29.4 Å². The number of hydrogen-bond acceptors (Lipinski definition) is 2. The van der Waals surface area contributed by atoms with Crippen LogP contribution in [0.25, 0.3) is 5.69 Å². The Morgan fingerprint density at radius 3 is 2.65 bits per heavy atom. The summed E-state index contributed by atoms with van der Waals surface area (Å²) in [7, 11) is 0. The van der Waals surface area contributed by atoms with Crippen LogP contribution in [-0.4, -0.2) is 22.2 Å². The number of halogens is 2. The lowest BCUT2D eigenvalue weighted by Gasteiger charge is -2.04. The highest BCUT2D eigenvalue weighted by Gasteiger charge is 2.20. The molecule has 0 saturated carbocycles. The van der Waals surface area contributed by atoms with E-state index in [4.69, 9.17) is 11.6 Å². The molecule has 1 aromatic carbocycles. The standard InChI is InChI=1S/C14H15ClFN3O/c1-3-8-17-14(20)12-9(2)18-19(13(12)15)11-6-4-10(16)5-7-11/h4-7H,3,8H2,1-2H3,(H,17,20). The van der Waals surface area contributed by atoms with Crippen molar-refractivity contribution in [2.45, 2.75) is 20.3 Å². The lowest BCUT2D eigenvalue weighted by atomic mass is 10.2. The molecular formula is C14H15ClFN3O. The second kappa shape index (κ2) is 6.05. The highest BCUT2D eigenvalue weighted by Crippen LogP contribution is 2.23. The maximum atomic E-state index is 12.9. The maximum absolute atomic E-state index is 12.9. The summed E-state index contributed by atoms with van der Waals surface area (Å²) in [5.74, 6) is -0.586. The number of aromatic nitrogens is 2. The molecule has 0 fully saturated rings. The van der Waals surface area contributed by atoms with Gasteiger partial charge in [-0.2, -0.15) is 5.10 Å². The Hall–Kier alpha value is -1.88. The third-order valence-electron chi connectivity index (χ3n) is 2.84. The number of nitrogens with one attached hydrogen (secondary N) is 1. The van der Waals surface area contributed by atoms with Gasteiger partial charge in [0.15, 0.2) is 0 Å². The highest BCUT2D eigenvalue weighted by molar-refractivity contribution is 6.33. The summed E-state index contributed by atoms with van der Waals surface area (Å²) < 4.78 is 14.4. The van der Waals surface area contributed by atoms with Crippen molar-refractivity contribution in [1.82, 2.24) is 15.1 Å². The highest BCUT2D eigenvalue weighted by atomic mass is 35.5. The van der Waals surface area contributed by atoms with E-state index < -0.39 is 0 Å². The molecule has 2 rings (SSSR count). The average molecular weight is 296 g/mol. The molecule has 1 amide bonds. The lowest BCUT2D eigenvalue weighted by Crippen LogP contribution is -2.24. The topological polar surface area (TPSA) is 46.9 Å². The zero-order chi connectivity index (χ0) is 14.7. The van der Waals surface area contributed by atoms with Gasteiger partial charge in [-0.1, -0.05) is 18.5 Å². The fraction of sp³-hybridized carbons (Fsp3) is 0.286. The Bertz CT molecular complexity index is 622. The Morgan fingerprint density at radius 1 is 1.40 bits per heavy atom. The van der Waals surface area contributed by atoms with E-state index in [1.54, 1.807) is 19.1 Å². The van der Waals surface area contributed by atoms with Crippen molar-refractivity contribution in [3.63, 3.8) is 0 Å². The quantitative estimate of drug-likeness (QED) is 0.942. The van der Waals surface area contributed by atoms with Gasteiger partial charge in [0.25, 0.3) is 5.91 Å². The van der Waals surface area contributed by atoms with Gasteiger partial charge in [0.1, 0.15) is 11.0 Å². The number of hydrogen-bond donors (Lipinski definition) is 1. The summed E-state index contributed by atoms with van der Waals surface area (Å²) >= 11 is 6.22. The van der Waals surface area contributed by atoms with E-state index >= 15 is 0 Å². The van der Waals surface area contributed by atoms with Crippen molar-refractivity contribution >= 4 is 17.5 Å². The second-order valence-electron chi connectivity index (χ2n) is 4.40. The molecule has 0 atom stereocenters. The minimum Gasteiger partial charge on any atom is -0.352 e. The SMILES string of the molecule is CCCNC(=O)c1c(C)nn(-c2ccc(F)cc2)c1Cl. The molecule has 0 bridgehead atoms. The van der Waals surface area contributed by atoms with Gasteiger partial charge >= 0.3 is 0 Å². The van der Waals surface area contributed by atoms with Crippen LogP contribution in [0, 0.1) is 12.7 Å². The molecule has 1 N–H and O–H groups in total. The van der Waals surface area contributed by atoms with Crippen molar-refractivity contribution in [3.8, 4) is 5.69 Å². The Labute approximate surface area is 121 Å². The largest absolute Gasteiger partial charge is 0.352 e. The molecule has 6 heteroatoms. The first-order chi connectivity index (χ1) is 9.54. The molecule has 1 heterocycles. The van der Waals surface area contributed by atoms with Crippen LogP contribution < -0.4 is 5.32 Å². The van der Waals surface area contributed by atoms with E-state index in [0.717, 1.165) is 6.42 Å². The van der Waals surface area contributed by atoms with Crippen molar-refractivity contribution in [3.05, 3.63) is 46.5 Å². The number of nitrogens with zero attached hydrogens (tertiary/aromatic N) is 2. The number of amides is 1. The molecule has 0 spiro atoms. The van der Waals surface area contributed by atoms with Gasteiger partial charge in [-0.3, -0.25) is 4.79 Å². The monoisotopic (exact) mass is 295 g/mol. The van der Waals surface area contributed by atoms with E-state index in [1.165, 1.54) is 16.8 Å². The van der Waals surface area contributed by atoms with Crippen LogP contribution >= 0.6 is 11.6 Å². The van der Waals surface area contributed by atoms with Gasteiger partial charge < -0.3 is 5.32 Å². The van der Waals surface area contributed by atoms with Crippen molar-refractivity contribution in [1.29, 1.82) is 0 Å². The van der Waals surface area contributed by atoms with E-state index in [2.05, 4.69) is 10.4 Å². The molecule has 2 aromatic rings. The smallest absolute Gasteiger partial charge is 0.256 e. The molecule has 0 aliphatic heterocycles. The summed E-state index contributed by atoms with van der Waals surface area (Å²) in [5.41, 5.74) is 1.49. The number of rotatable bonds is 4. The molecule has 4 nitrogen and oxygen atoms in total. The van der Waals surface area contributed by atoms with Gasteiger partial charge in [-0.25, -0.2) is 9.07 Å². The fourth-order valence-electron chi connectivity index (χ4n) is 1.84. The number of carbonyl (C=O) groups is 1. The van der Waals surface area contributed by atoms with Crippen molar-refractivity contribution in [2.75, 3.05) is 6.54 Å². The Balaban J connectivity index is 2.38. The first-order valence-corrected chi connectivity index (χ1v) is 6.71. The number of benzene rings is 1. The van der Waals surface area contributed by atoms with Crippen LogP contribution in [0.15, 0.2) is 24.3 Å². The van der Waals surface area contributed by atoms with Crippen LogP contribution in [-0.2, 0) is 0 Å². The van der Waals surface area contributed by atoms with Gasteiger partial charge in [0.2, 0.25) is 0 Å². The third-order valence-corrected chi connectivity index (χ3v) is 3.19. The summed E-state index contributed by atoms with van der Waals surface area (Å²) in [4.78, 5) is 12.0. The van der Waals surface area contributed by atoms with Crippen molar-refractivity contribution in [2.24, 2.45) is 0 Å². The number of aryl methyl sites for hydroxylation is 1.